The molecule has 0 spiro atoms. The third-order valence-electron chi connectivity index (χ3n) is 1.55. The van der Waals surface area contributed by atoms with Crippen molar-refractivity contribution in [1.82, 2.24) is 0 Å². The van der Waals surface area contributed by atoms with Crippen molar-refractivity contribution in [3.63, 3.8) is 0 Å². The second-order valence-corrected chi connectivity index (χ2v) is 4.95. The number of nitrogens with one attached hydrogen (secondary N) is 1. The molecule has 76 valence electrons. The Morgan fingerprint density at radius 1 is 1.50 bits per heavy atom. The highest BCUT2D eigenvalue weighted by molar-refractivity contribution is 9.10. The van der Waals surface area contributed by atoms with Crippen LogP contribution in [0.2, 0.25) is 10.0 Å². The van der Waals surface area contributed by atoms with Crippen molar-refractivity contribution in [2.45, 2.75) is 11.8 Å². The number of carbonyl (C=O) groups is 1. The topological polar surface area (TPSA) is 29.1 Å². The molecule has 0 aromatic heterocycles. The highest BCUT2D eigenvalue weighted by Crippen LogP contribution is 2.25. The molecule has 0 saturated heterocycles. The van der Waals surface area contributed by atoms with Crippen LogP contribution >= 0.6 is 39.1 Å². The first-order valence-electron chi connectivity index (χ1n) is 3.90. The van der Waals surface area contributed by atoms with Crippen LogP contribution in [0.4, 0.5) is 5.69 Å². The van der Waals surface area contributed by atoms with Crippen molar-refractivity contribution in [1.29, 1.82) is 0 Å². The summed E-state index contributed by atoms with van der Waals surface area (Å²) >= 11 is 14.8. The fraction of sp³-hybridized carbons (Fsp3) is 0.222. The van der Waals surface area contributed by atoms with Crippen molar-refractivity contribution in [2.24, 2.45) is 0 Å². The van der Waals surface area contributed by atoms with Crippen molar-refractivity contribution in [3.8, 4) is 0 Å². The van der Waals surface area contributed by atoms with Crippen molar-refractivity contribution < 1.29 is 4.79 Å². The van der Waals surface area contributed by atoms with E-state index in [1.54, 1.807) is 25.1 Å². The lowest BCUT2D eigenvalue weighted by Crippen LogP contribution is -2.20. The number of benzene rings is 1. The maximum absolute atomic E-state index is 11.3. The van der Waals surface area contributed by atoms with Gasteiger partial charge in [0, 0.05) is 5.02 Å². The zero-order chi connectivity index (χ0) is 10.7. The summed E-state index contributed by atoms with van der Waals surface area (Å²) in [6.45, 7) is 1.73. The van der Waals surface area contributed by atoms with E-state index in [1.807, 2.05) is 0 Å². The Labute approximate surface area is 101 Å². The Bertz CT molecular complexity index is 355. The van der Waals surface area contributed by atoms with Crippen LogP contribution < -0.4 is 5.32 Å². The van der Waals surface area contributed by atoms with Crippen molar-refractivity contribution in [2.75, 3.05) is 5.32 Å². The number of hydrogen-bond acceptors (Lipinski definition) is 1. The largest absolute Gasteiger partial charge is 0.324 e. The Morgan fingerprint density at radius 2 is 2.14 bits per heavy atom. The summed E-state index contributed by atoms with van der Waals surface area (Å²) < 4.78 is 0. The molecule has 14 heavy (non-hydrogen) atoms. The van der Waals surface area contributed by atoms with Gasteiger partial charge in [0.2, 0.25) is 5.91 Å². The van der Waals surface area contributed by atoms with Gasteiger partial charge in [-0.2, -0.15) is 0 Å². The quantitative estimate of drug-likeness (QED) is 0.828. The molecule has 0 heterocycles. The maximum atomic E-state index is 11.3. The minimum atomic E-state index is -0.266. The monoisotopic (exact) mass is 295 g/mol. The molecule has 1 aromatic rings. The number of alkyl halides is 1. The first-order valence-corrected chi connectivity index (χ1v) is 5.58. The summed E-state index contributed by atoms with van der Waals surface area (Å²) in [5.41, 5.74) is 0.524. The molecule has 0 aliphatic heterocycles. The van der Waals surface area contributed by atoms with E-state index in [0.717, 1.165) is 0 Å². The fourth-order valence-corrected chi connectivity index (χ4v) is 1.28. The SMILES string of the molecule is CC(Br)C(=O)Nc1cc(Cl)ccc1Cl. The van der Waals surface area contributed by atoms with E-state index in [2.05, 4.69) is 21.2 Å². The highest BCUT2D eigenvalue weighted by atomic mass is 79.9. The van der Waals surface area contributed by atoms with Gasteiger partial charge in [-0.3, -0.25) is 4.79 Å². The molecular formula is C9H8BrCl2NO. The second kappa shape index (κ2) is 5.01. The molecule has 0 bridgehead atoms. The fourth-order valence-electron chi connectivity index (χ4n) is 0.825. The zero-order valence-corrected chi connectivity index (χ0v) is 10.4. The summed E-state index contributed by atoms with van der Waals surface area (Å²) in [6, 6.07) is 4.91. The summed E-state index contributed by atoms with van der Waals surface area (Å²) in [6.07, 6.45) is 0. The first kappa shape index (κ1) is 11.8. The van der Waals surface area contributed by atoms with Gasteiger partial charge in [0.15, 0.2) is 0 Å². The predicted molar refractivity (Wildman–Crippen MR) is 63.5 cm³/mol. The Hall–Kier alpha value is -0.250. The molecule has 0 aliphatic carbocycles. The van der Waals surface area contributed by atoms with Crippen LogP contribution in [-0.2, 0) is 4.79 Å². The normalized spacial score (nSPS) is 12.3. The van der Waals surface area contributed by atoms with Gasteiger partial charge in [-0.25, -0.2) is 0 Å². The predicted octanol–water partition coefficient (Wildman–Crippen LogP) is 3.72. The summed E-state index contributed by atoms with van der Waals surface area (Å²) in [5.74, 6) is -0.158. The number of anilines is 1. The van der Waals surface area contributed by atoms with Crippen molar-refractivity contribution in [3.05, 3.63) is 28.2 Å². The van der Waals surface area contributed by atoms with Gasteiger partial charge in [-0.05, 0) is 25.1 Å². The number of rotatable bonds is 2. The van der Waals surface area contributed by atoms with Gasteiger partial charge in [0.25, 0.3) is 0 Å². The van der Waals surface area contributed by atoms with E-state index in [9.17, 15) is 4.79 Å². The number of amides is 1. The van der Waals surface area contributed by atoms with Gasteiger partial charge in [0.1, 0.15) is 0 Å². The van der Waals surface area contributed by atoms with Gasteiger partial charge < -0.3 is 5.32 Å². The number of hydrogen-bond donors (Lipinski definition) is 1. The summed E-state index contributed by atoms with van der Waals surface area (Å²) in [4.78, 5) is 11.0. The van der Waals surface area contributed by atoms with Crippen LogP contribution in [0, 0.1) is 0 Å². The lowest BCUT2D eigenvalue weighted by Gasteiger charge is -2.08. The molecule has 1 rings (SSSR count). The molecule has 1 atom stereocenters. The van der Waals surface area contributed by atoms with E-state index in [0.29, 0.717) is 15.7 Å². The van der Waals surface area contributed by atoms with E-state index in [1.165, 1.54) is 0 Å². The van der Waals surface area contributed by atoms with Crippen LogP contribution in [0.3, 0.4) is 0 Å². The smallest absolute Gasteiger partial charge is 0.237 e. The Morgan fingerprint density at radius 3 is 2.71 bits per heavy atom. The van der Waals surface area contributed by atoms with Crippen LogP contribution in [0.15, 0.2) is 18.2 Å². The molecule has 1 amide bonds. The minimum absolute atomic E-state index is 0.158. The highest BCUT2D eigenvalue weighted by Gasteiger charge is 2.10. The van der Waals surface area contributed by atoms with Gasteiger partial charge in [0.05, 0.1) is 15.5 Å². The molecule has 1 aromatic carbocycles. The van der Waals surface area contributed by atoms with E-state index in [-0.39, 0.29) is 10.7 Å². The Balaban J connectivity index is 2.86. The molecular weight excluding hydrogens is 289 g/mol. The second-order valence-electron chi connectivity index (χ2n) is 2.73. The zero-order valence-electron chi connectivity index (χ0n) is 7.35. The third kappa shape index (κ3) is 3.15. The van der Waals surface area contributed by atoms with E-state index < -0.39 is 0 Å². The number of carbonyl (C=O) groups excluding carboxylic acids is 1. The molecule has 2 nitrogen and oxygen atoms in total. The van der Waals surface area contributed by atoms with Gasteiger partial charge >= 0.3 is 0 Å². The molecule has 1 N–H and O–H groups in total. The minimum Gasteiger partial charge on any atom is -0.324 e. The first-order chi connectivity index (χ1) is 6.50. The molecule has 5 heteroatoms. The van der Waals surface area contributed by atoms with Gasteiger partial charge in [-0.15, -0.1) is 0 Å². The lowest BCUT2D eigenvalue weighted by molar-refractivity contribution is -0.115. The Kier molecular flexibility index (Phi) is 4.23. The molecule has 0 radical (unpaired) electrons. The average molecular weight is 297 g/mol. The summed E-state index contributed by atoms with van der Waals surface area (Å²) in [7, 11) is 0. The third-order valence-corrected chi connectivity index (χ3v) is 2.53. The van der Waals surface area contributed by atoms with E-state index >= 15 is 0 Å². The maximum Gasteiger partial charge on any atom is 0.237 e. The standard InChI is InChI=1S/C9H8BrCl2NO/c1-5(10)9(14)13-8-4-6(11)2-3-7(8)12/h2-5H,1H3,(H,13,14). The molecule has 0 fully saturated rings. The van der Waals surface area contributed by atoms with E-state index in [4.69, 9.17) is 23.2 Å². The lowest BCUT2D eigenvalue weighted by atomic mass is 10.3. The molecule has 0 aliphatic rings. The number of halogens is 3. The van der Waals surface area contributed by atoms with Crippen LogP contribution in [-0.4, -0.2) is 10.7 Å². The molecule has 0 saturated carbocycles. The average Bonchev–Trinajstić information content (AvgIpc) is 2.11. The van der Waals surface area contributed by atoms with Crippen LogP contribution in [0.25, 0.3) is 0 Å². The van der Waals surface area contributed by atoms with Gasteiger partial charge in [-0.1, -0.05) is 39.1 Å². The van der Waals surface area contributed by atoms with Crippen LogP contribution in [0.1, 0.15) is 6.92 Å². The van der Waals surface area contributed by atoms with Crippen LogP contribution in [0.5, 0.6) is 0 Å². The van der Waals surface area contributed by atoms with Crippen molar-refractivity contribution >= 4 is 50.7 Å². The molecule has 1 unspecified atom stereocenters. The summed E-state index contributed by atoms with van der Waals surface area (Å²) in [5, 5.41) is 3.65.